The van der Waals surface area contributed by atoms with Crippen molar-refractivity contribution in [2.75, 3.05) is 20.7 Å². The van der Waals surface area contributed by atoms with Gasteiger partial charge in [0.2, 0.25) is 11.8 Å². The predicted octanol–water partition coefficient (Wildman–Crippen LogP) is 1.84. The number of methoxy groups -OCH3 is 1. The lowest BCUT2D eigenvalue weighted by atomic mass is 10.1. The van der Waals surface area contributed by atoms with Crippen molar-refractivity contribution >= 4 is 17.4 Å². The molecule has 1 saturated heterocycles. The average molecular weight is 302 g/mol. The second-order valence-corrected chi connectivity index (χ2v) is 5.36. The van der Waals surface area contributed by atoms with Crippen LogP contribution in [-0.4, -0.2) is 43.5 Å². The Hall–Kier alpha value is -2.30. The van der Waals surface area contributed by atoms with Gasteiger partial charge in [-0.2, -0.15) is 0 Å². The van der Waals surface area contributed by atoms with E-state index < -0.39 is 0 Å². The highest BCUT2D eigenvalue weighted by molar-refractivity contribution is 5.98. The Balaban J connectivity index is 2.12. The summed E-state index contributed by atoms with van der Waals surface area (Å²) in [7, 11) is 3.22. The fraction of sp³-hybridized carbons (Fsp3) is 0.412. The van der Waals surface area contributed by atoms with E-state index in [0.717, 1.165) is 29.7 Å². The van der Waals surface area contributed by atoms with E-state index in [4.69, 9.17) is 4.74 Å². The highest BCUT2D eigenvalue weighted by Crippen LogP contribution is 2.21. The summed E-state index contributed by atoms with van der Waals surface area (Å²) in [5.41, 5.74) is 1.83. The van der Waals surface area contributed by atoms with Crippen LogP contribution in [-0.2, 0) is 9.59 Å². The van der Waals surface area contributed by atoms with E-state index in [1.807, 2.05) is 31.2 Å². The molecule has 0 aromatic heterocycles. The second-order valence-electron chi connectivity index (χ2n) is 5.36. The molecule has 1 fully saturated rings. The van der Waals surface area contributed by atoms with Crippen molar-refractivity contribution in [1.82, 2.24) is 10.2 Å². The number of likely N-dealkylation sites (tertiary alicyclic amines) is 1. The zero-order valence-corrected chi connectivity index (χ0v) is 13.3. The largest absolute Gasteiger partial charge is 0.497 e. The van der Waals surface area contributed by atoms with E-state index in [1.54, 1.807) is 25.1 Å². The van der Waals surface area contributed by atoms with E-state index in [9.17, 15) is 9.59 Å². The molecule has 1 unspecified atom stereocenters. The number of likely N-dealkylation sites (N-methyl/N-ethyl adjacent to an activating group) is 1. The van der Waals surface area contributed by atoms with Gasteiger partial charge in [-0.1, -0.05) is 12.1 Å². The van der Waals surface area contributed by atoms with Gasteiger partial charge in [-0.3, -0.25) is 9.59 Å². The third kappa shape index (κ3) is 3.47. The summed E-state index contributed by atoms with van der Waals surface area (Å²) in [6.45, 7) is 2.52. The highest BCUT2D eigenvalue weighted by Gasteiger charge is 2.32. The quantitative estimate of drug-likeness (QED) is 0.863. The van der Waals surface area contributed by atoms with Crippen molar-refractivity contribution in [1.29, 1.82) is 0 Å². The first-order valence-corrected chi connectivity index (χ1v) is 7.41. The van der Waals surface area contributed by atoms with E-state index >= 15 is 0 Å². The molecule has 1 aromatic carbocycles. The Morgan fingerprint density at radius 3 is 2.59 bits per heavy atom. The summed E-state index contributed by atoms with van der Waals surface area (Å²) < 4.78 is 5.12. The van der Waals surface area contributed by atoms with Gasteiger partial charge >= 0.3 is 0 Å². The molecule has 1 aromatic rings. The summed E-state index contributed by atoms with van der Waals surface area (Å²) in [5, 5.41) is 2.62. The molecule has 1 aliphatic rings. The monoisotopic (exact) mass is 302 g/mol. The van der Waals surface area contributed by atoms with Crippen molar-refractivity contribution in [2.24, 2.45) is 0 Å². The van der Waals surface area contributed by atoms with E-state index in [0.29, 0.717) is 6.54 Å². The van der Waals surface area contributed by atoms with Crippen LogP contribution in [0.2, 0.25) is 0 Å². The van der Waals surface area contributed by atoms with Crippen molar-refractivity contribution in [3.63, 3.8) is 0 Å². The van der Waals surface area contributed by atoms with Crippen LogP contribution in [0.4, 0.5) is 0 Å². The number of amides is 2. The second kappa shape index (κ2) is 7.11. The summed E-state index contributed by atoms with van der Waals surface area (Å²) in [6.07, 6.45) is 3.18. The number of benzene rings is 1. The van der Waals surface area contributed by atoms with Crippen molar-refractivity contribution in [3.8, 4) is 5.75 Å². The number of hydrogen-bond acceptors (Lipinski definition) is 3. The molecule has 5 heteroatoms. The van der Waals surface area contributed by atoms with Crippen LogP contribution in [0.25, 0.3) is 5.57 Å². The molecule has 22 heavy (non-hydrogen) atoms. The topological polar surface area (TPSA) is 58.6 Å². The minimum Gasteiger partial charge on any atom is -0.497 e. The van der Waals surface area contributed by atoms with Gasteiger partial charge in [0.05, 0.1) is 7.11 Å². The zero-order chi connectivity index (χ0) is 16.1. The number of hydrogen-bond donors (Lipinski definition) is 1. The number of rotatable bonds is 4. The number of nitrogens with zero attached hydrogens (tertiary/aromatic N) is 1. The minimum absolute atomic E-state index is 0.0960. The Bertz CT molecular complexity index is 578. The van der Waals surface area contributed by atoms with E-state index in [1.165, 1.54) is 0 Å². The Kier molecular flexibility index (Phi) is 5.20. The van der Waals surface area contributed by atoms with Gasteiger partial charge in [-0.15, -0.1) is 0 Å². The molecule has 2 amide bonds. The molecule has 1 N–H and O–H groups in total. The Labute approximate surface area is 130 Å². The number of allylic oxidation sites excluding steroid dienone is 1. The molecular formula is C17H22N2O3. The fourth-order valence-corrected chi connectivity index (χ4v) is 2.68. The van der Waals surface area contributed by atoms with Crippen LogP contribution in [0.15, 0.2) is 30.3 Å². The molecule has 0 radical (unpaired) electrons. The molecule has 5 nitrogen and oxygen atoms in total. The van der Waals surface area contributed by atoms with Gasteiger partial charge in [0, 0.05) is 19.7 Å². The van der Waals surface area contributed by atoms with Gasteiger partial charge in [0.25, 0.3) is 0 Å². The van der Waals surface area contributed by atoms with Crippen LogP contribution >= 0.6 is 0 Å². The first kappa shape index (κ1) is 16.1. The lowest BCUT2D eigenvalue weighted by molar-refractivity contribution is -0.134. The SMILES string of the molecule is CNC(=O)C1CCCN1C(=O)C=C(C)c1ccc(OC)cc1. The van der Waals surface area contributed by atoms with Gasteiger partial charge in [-0.25, -0.2) is 0 Å². The third-order valence-corrected chi connectivity index (χ3v) is 3.97. The van der Waals surface area contributed by atoms with Gasteiger partial charge in [0.15, 0.2) is 0 Å². The fourth-order valence-electron chi connectivity index (χ4n) is 2.68. The summed E-state index contributed by atoms with van der Waals surface area (Å²) in [6, 6.07) is 7.20. The zero-order valence-electron chi connectivity index (χ0n) is 13.3. The number of ether oxygens (including phenoxy) is 1. The highest BCUT2D eigenvalue weighted by atomic mass is 16.5. The standard InChI is InChI=1S/C17H22N2O3/c1-12(13-6-8-14(22-3)9-7-13)11-16(20)19-10-4-5-15(19)17(21)18-2/h6-9,11,15H,4-5,10H2,1-3H3,(H,18,21). The number of nitrogens with one attached hydrogen (secondary N) is 1. The molecule has 1 heterocycles. The van der Waals surface area contributed by atoms with Gasteiger partial charge < -0.3 is 15.0 Å². The molecule has 0 spiro atoms. The molecule has 0 saturated carbocycles. The first-order chi connectivity index (χ1) is 10.6. The molecule has 0 aliphatic carbocycles. The molecule has 2 rings (SSSR count). The maximum atomic E-state index is 12.4. The van der Waals surface area contributed by atoms with Crippen LogP contribution in [0.1, 0.15) is 25.3 Å². The molecule has 0 bridgehead atoms. The maximum Gasteiger partial charge on any atom is 0.247 e. The molecular weight excluding hydrogens is 280 g/mol. The summed E-state index contributed by atoms with van der Waals surface area (Å²) >= 11 is 0. The van der Waals surface area contributed by atoms with E-state index in [-0.39, 0.29) is 17.9 Å². The maximum absolute atomic E-state index is 12.4. The molecule has 1 atom stereocenters. The minimum atomic E-state index is -0.350. The first-order valence-electron chi connectivity index (χ1n) is 7.41. The summed E-state index contributed by atoms with van der Waals surface area (Å²) in [4.78, 5) is 25.9. The number of carbonyl (C=O) groups is 2. The molecule has 118 valence electrons. The van der Waals surface area contributed by atoms with Gasteiger partial charge in [-0.05, 0) is 43.0 Å². The smallest absolute Gasteiger partial charge is 0.247 e. The van der Waals surface area contributed by atoms with Crippen LogP contribution in [0, 0.1) is 0 Å². The Morgan fingerprint density at radius 2 is 2.00 bits per heavy atom. The van der Waals surface area contributed by atoms with Crippen LogP contribution in [0.5, 0.6) is 5.75 Å². The summed E-state index contributed by atoms with van der Waals surface area (Å²) in [5.74, 6) is 0.572. The van der Waals surface area contributed by atoms with E-state index in [2.05, 4.69) is 5.32 Å². The van der Waals surface area contributed by atoms with Crippen LogP contribution < -0.4 is 10.1 Å². The van der Waals surface area contributed by atoms with Crippen molar-refractivity contribution in [2.45, 2.75) is 25.8 Å². The average Bonchev–Trinajstić information content (AvgIpc) is 3.03. The lowest BCUT2D eigenvalue weighted by Crippen LogP contribution is -2.44. The number of carbonyl (C=O) groups excluding carboxylic acids is 2. The lowest BCUT2D eigenvalue weighted by Gasteiger charge is -2.22. The Morgan fingerprint density at radius 1 is 1.32 bits per heavy atom. The van der Waals surface area contributed by atoms with Crippen LogP contribution in [0.3, 0.4) is 0 Å². The molecule has 1 aliphatic heterocycles. The van der Waals surface area contributed by atoms with Crippen molar-refractivity contribution < 1.29 is 14.3 Å². The van der Waals surface area contributed by atoms with Gasteiger partial charge in [0.1, 0.15) is 11.8 Å². The predicted molar refractivity (Wildman–Crippen MR) is 85.4 cm³/mol. The van der Waals surface area contributed by atoms with Crippen molar-refractivity contribution in [3.05, 3.63) is 35.9 Å². The normalized spacial score (nSPS) is 18.2. The third-order valence-electron chi connectivity index (χ3n) is 3.97.